The molecular weight excluding hydrogens is 464 g/mol. The van der Waals surface area contributed by atoms with Crippen LogP contribution in [0.15, 0.2) is 0 Å². The van der Waals surface area contributed by atoms with E-state index in [-0.39, 0.29) is 6.29 Å². The lowest BCUT2D eigenvalue weighted by molar-refractivity contribution is -0.148. The summed E-state index contributed by atoms with van der Waals surface area (Å²) < 4.78 is 4.16. The summed E-state index contributed by atoms with van der Waals surface area (Å²) in [6.45, 7) is -3.57. The van der Waals surface area contributed by atoms with E-state index in [1.54, 1.807) is 0 Å². The van der Waals surface area contributed by atoms with Crippen LogP contribution in [0.4, 0.5) is 0 Å². The van der Waals surface area contributed by atoms with Gasteiger partial charge >= 0.3 is 11.9 Å². The smallest absolute Gasteiger partial charge is 0.329 e. The molecule has 0 bridgehead atoms. The van der Waals surface area contributed by atoms with Gasteiger partial charge < -0.3 is 70.8 Å². The fourth-order valence-corrected chi connectivity index (χ4v) is 1.45. The number of aliphatic carboxylic acids is 2. The molecule has 0 aromatic heterocycles. The van der Waals surface area contributed by atoms with Gasteiger partial charge in [-0.05, 0) is 0 Å². The van der Waals surface area contributed by atoms with Gasteiger partial charge in [-0.1, -0.05) is 0 Å². The van der Waals surface area contributed by atoms with Crippen molar-refractivity contribution < 1.29 is 85.2 Å². The first-order valence-corrected chi connectivity index (χ1v) is 8.79. The van der Waals surface area contributed by atoms with E-state index >= 15 is 0 Å². The summed E-state index contributed by atoms with van der Waals surface area (Å²) in [5.41, 5.74) is 0. The van der Waals surface area contributed by atoms with E-state index in [4.69, 9.17) is 61.3 Å². The molecule has 0 rings (SSSR count). The van der Waals surface area contributed by atoms with Gasteiger partial charge in [0.2, 0.25) is 0 Å². The Labute approximate surface area is 186 Å². The number of ketones is 1. The second kappa shape index (κ2) is 20.4. The summed E-state index contributed by atoms with van der Waals surface area (Å²) in [4.78, 5) is 39.7. The summed E-state index contributed by atoms with van der Waals surface area (Å²) in [7, 11) is 0. The van der Waals surface area contributed by atoms with E-state index in [9.17, 15) is 19.2 Å². The third kappa shape index (κ3) is 18.0. The zero-order valence-electron chi connectivity index (χ0n) is 17.1. The fourth-order valence-electron chi connectivity index (χ4n) is 1.45. The Balaban J connectivity index is -0.000000414. The molecular formula is C16H30O17. The molecule has 0 aliphatic heterocycles. The molecule has 33 heavy (non-hydrogen) atoms. The van der Waals surface area contributed by atoms with Crippen LogP contribution in [0, 0.1) is 0 Å². The van der Waals surface area contributed by atoms with Crippen molar-refractivity contribution >= 4 is 24.0 Å². The summed E-state index contributed by atoms with van der Waals surface area (Å²) in [6, 6.07) is 0. The van der Waals surface area contributed by atoms with E-state index in [0.29, 0.717) is 0 Å². The van der Waals surface area contributed by atoms with E-state index < -0.39 is 93.5 Å². The Morgan fingerprint density at radius 2 is 1.09 bits per heavy atom. The van der Waals surface area contributed by atoms with Gasteiger partial charge in [0.1, 0.15) is 62.5 Å². The summed E-state index contributed by atoms with van der Waals surface area (Å²) >= 11 is 0. The Morgan fingerprint density at radius 3 is 1.39 bits per heavy atom. The van der Waals surface area contributed by atoms with Crippen molar-refractivity contribution in [3.05, 3.63) is 0 Å². The molecule has 0 amide bonds. The van der Waals surface area contributed by atoms with E-state index in [1.807, 2.05) is 0 Å². The summed E-state index contributed by atoms with van der Waals surface area (Å²) in [5, 5.41) is 102. The first-order chi connectivity index (χ1) is 15.2. The minimum atomic E-state index is -1.86. The molecule has 12 N–H and O–H groups in total. The average molecular weight is 494 g/mol. The number of aldehydes is 1. The summed E-state index contributed by atoms with van der Waals surface area (Å²) in [5.74, 6) is -3.34. The van der Waals surface area contributed by atoms with Crippen LogP contribution in [-0.2, 0) is 23.9 Å². The van der Waals surface area contributed by atoms with Crippen LogP contribution in [-0.4, -0.2) is 161 Å². The lowest BCUT2D eigenvalue weighted by atomic mass is 10.0. The minimum absolute atomic E-state index is 0.0258. The zero-order chi connectivity index (χ0) is 26.7. The van der Waals surface area contributed by atoms with Crippen molar-refractivity contribution in [1.29, 1.82) is 0 Å². The highest BCUT2D eigenvalue weighted by Crippen LogP contribution is 2.03. The zero-order valence-corrected chi connectivity index (χ0v) is 17.1. The maximum Gasteiger partial charge on any atom is 0.329 e. The predicted molar refractivity (Wildman–Crippen MR) is 100 cm³/mol. The number of hydrogen-bond acceptors (Lipinski definition) is 15. The van der Waals surface area contributed by atoms with Crippen LogP contribution < -0.4 is 0 Å². The van der Waals surface area contributed by atoms with Gasteiger partial charge in [-0.15, -0.1) is 0 Å². The minimum Gasteiger partial charge on any atom is -0.480 e. The van der Waals surface area contributed by atoms with Crippen LogP contribution in [0.2, 0.25) is 0 Å². The molecule has 196 valence electrons. The second-order valence-electron chi connectivity index (χ2n) is 5.95. The number of aliphatic hydroxyl groups is 10. The number of ether oxygens (including phenoxy) is 1. The number of carboxylic acids is 2. The van der Waals surface area contributed by atoms with Crippen molar-refractivity contribution in [1.82, 2.24) is 0 Å². The van der Waals surface area contributed by atoms with Gasteiger partial charge in [0.15, 0.2) is 12.1 Å². The van der Waals surface area contributed by atoms with Gasteiger partial charge in [0, 0.05) is 0 Å². The normalized spacial score (nSPS) is 16.8. The van der Waals surface area contributed by atoms with Crippen molar-refractivity contribution in [3.8, 4) is 0 Å². The molecule has 17 heteroatoms. The summed E-state index contributed by atoms with van der Waals surface area (Å²) in [6.07, 6.45) is -12.1. The Kier molecular flexibility index (Phi) is 22.0. The Morgan fingerprint density at radius 1 is 0.697 bits per heavy atom. The van der Waals surface area contributed by atoms with Crippen molar-refractivity contribution in [2.45, 2.75) is 42.7 Å². The van der Waals surface area contributed by atoms with Gasteiger partial charge in [0.05, 0.1) is 13.2 Å². The fraction of sp³-hybridized carbons (Fsp3) is 0.750. The van der Waals surface area contributed by atoms with Crippen molar-refractivity contribution in [2.24, 2.45) is 0 Å². The lowest BCUT2D eigenvalue weighted by Crippen LogP contribution is -2.46. The van der Waals surface area contributed by atoms with Gasteiger partial charge in [-0.25, -0.2) is 9.59 Å². The Hall–Kier alpha value is -2.16. The van der Waals surface area contributed by atoms with Gasteiger partial charge in [0.25, 0.3) is 0 Å². The largest absolute Gasteiger partial charge is 0.480 e. The quantitative estimate of drug-likeness (QED) is 0.0997. The molecule has 0 heterocycles. The predicted octanol–water partition coefficient (Wildman–Crippen LogP) is -7.58. The monoisotopic (exact) mass is 494 g/mol. The number of Topliss-reactive ketones (excluding diaryl/α,β-unsaturated/α-hetero) is 1. The highest BCUT2D eigenvalue weighted by Gasteiger charge is 2.30. The first kappa shape index (κ1) is 35.4. The highest BCUT2D eigenvalue weighted by molar-refractivity contribution is 5.84. The number of hydrogen-bond donors (Lipinski definition) is 12. The topological polar surface area (TPSA) is 320 Å². The number of carbonyl (C=O) groups is 4. The maximum atomic E-state index is 10.5. The maximum absolute atomic E-state index is 10.5. The van der Waals surface area contributed by atoms with E-state index in [2.05, 4.69) is 4.74 Å². The number of carbonyl (C=O) groups excluding carboxylic acids is 2. The third-order valence-corrected chi connectivity index (χ3v) is 3.26. The molecule has 0 aliphatic carbocycles. The SMILES string of the molecule is O=C(CO)[C@H](O)[C@@H](O)[C@H](O)CO.O=C(O)COCC(=O)O.O=C[C@H](O)[C@@H](O)[C@H](O)[C@H](O)CO. The molecule has 0 saturated heterocycles. The third-order valence-electron chi connectivity index (χ3n) is 3.26. The van der Waals surface area contributed by atoms with Gasteiger partial charge in [-0.3, -0.25) is 4.79 Å². The van der Waals surface area contributed by atoms with Crippen LogP contribution in [0.25, 0.3) is 0 Å². The highest BCUT2D eigenvalue weighted by atomic mass is 16.5. The van der Waals surface area contributed by atoms with Crippen LogP contribution in [0.5, 0.6) is 0 Å². The number of aliphatic hydroxyl groups excluding tert-OH is 10. The Bertz CT molecular complexity index is 541. The van der Waals surface area contributed by atoms with Crippen molar-refractivity contribution in [2.75, 3.05) is 33.0 Å². The number of carboxylic acid groups (broad SMARTS) is 2. The molecule has 7 atom stereocenters. The molecule has 0 aromatic carbocycles. The average Bonchev–Trinajstić information content (AvgIpc) is 2.80. The first-order valence-electron chi connectivity index (χ1n) is 8.79. The van der Waals surface area contributed by atoms with Crippen LogP contribution in [0.3, 0.4) is 0 Å². The van der Waals surface area contributed by atoms with Crippen LogP contribution >= 0.6 is 0 Å². The van der Waals surface area contributed by atoms with Crippen molar-refractivity contribution in [3.63, 3.8) is 0 Å². The molecule has 0 aromatic rings. The molecule has 0 radical (unpaired) electrons. The molecule has 0 aliphatic rings. The molecule has 17 nitrogen and oxygen atoms in total. The van der Waals surface area contributed by atoms with Crippen LogP contribution in [0.1, 0.15) is 0 Å². The molecule has 0 saturated carbocycles. The van der Waals surface area contributed by atoms with E-state index in [1.165, 1.54) is 0 Å². The standard InChI is InChI=1S/2C6H12O6.C4H6O5/c2*7-1-3(9)5(11)6(12)4(10)2-8;5-3(6)1-9-2-4(7)8/h3,5-9,11-12H,1-2H2;1,3-6,8-12H,2H2;1-2H2,(H,5,6)(H,7,8)/t3-,5+,6+;3-,4+,5+,6+;/m10./s1. The van der Waals surface area contributed by atoms with Gasteiger partial charge in [-0.2, -0.15) is 0 Å². The molecule has 0 unspecified atom stereocenters. The molecule has 0 fully saturated rings. The number of rotatable bonds is 14. The lowest BCUT2D eigenvalue weighted by Gasteiger charge is -2.22. The molecule has 0 spiro atoms. The van der Waals surface area contributed by atoms with E-state index in [0.717, 1.165) is 0 Å². The second-order valence-corrected chi connectivity index (χ2v) is 5.95.